The maximum Gasteiger partial charge on any atom is 0.356 e. The van der Waals surface area contributed by atoms with E-state index in [4.69, 9.17) is 9.47 Å². The molecule has 0 unspecified atom stereocenters. The normalized spacial score (nSPS) is 10.8. The number of rotatable bonds is 7. The molecule has 3 aromatic rings. The van der Waals surface area contributed by atoms with Crippen LogP contribution in [0.25, 0.3) is 11.0 Å². The summed E-state index contributed by atoms with van der Waals surface area (Å²) in [7, 11) is 4.43. The van der Waals surface area contributed by atoms with Crippen LogP contribution in [0.15, 0.2) is 30.5 Å². The number of carbonyl (C=O) groups excluding carboxylic acids is 2. The largest absolute Gasteiger partial charge is 0.464 e. The minimum Gasteiger partial charge on any atom is -0.464 e. The van der Waals surface area contributed by atoms with Crippen molar-refractivity contribution in [2.45, 2.75) is 20.4 Å². The lowest BCUT2D eigenvalue weighted by Gasteiger charge is -2.10. The van der Waals surface area contributed by atoms with Gasteiger partial charge >= 0.3 is 5.97 Å². The Morgan fingerprint density at radius 3 is 2.63 bits per heavy atom. The lowest BCUT2D eigenvalue weighted by atomic mass is 10.1. The average molecular weight is 410 g/mol. The van der Waals surface area contributed by atoms with E-state index < -0.39 is 5.97 Å². The van der Waals surface area contributed by atoms with Crippen molar-refractivity contribution in [1.82, 2.24) is 9.55 Å². The number of fused-ring (bicyclic) bond motifs is 1. The number of nitrogens with zero attached hydrogens (tertiary/aromatic N) is 2. The lowest BCUT2D eigenvalue weighted by Crippen LogP contribution is -2.19. The lowest BCUT2D eigenvalue weighted by molar-refractivity contribution is -0.119. The fourth-order valence-corrected chi connectivity index (χ4v) is 3.36. The van der Waals surface area contributed by atoms with E-state index in [1.165, 1.54) is 30.9 Å². The fraction of sp³-hybridized carbons (Fsp3) is 0.318. The smallest absolute Gasteiger partial charge is 0.356 e. The maximum atomic E-state index is 12.4. The molecule has 8 nitrogen and oxygen atoms in total. The number of hydrogen-bond donors (Lipinski definition) is 2. The van der Waals surface area contributed by atoms with Crippen molar-refractivity contribution < 1.29 is 19.1 Å². The molecule has 3 rings (SSSR count). The molecular weight excluding hydrogens is 384 g/mol. The Morgan fingerprint density at radius 1 is 1.17 bits per heavy atom. The molecule has 0 fully saturated rings. The van der Waals surface area contributed by atoms with Gasteiger partial charge < -0.3 is 24.7 Å². The standard InChI is InChI=1S/C22H26N4O4/c1-13-6-7-14(2)15(8-13)10-23-16-9-17-19(25-18(27)12-29-4)20(22(28)30-5)26(3)21(17)24-11-16/h6-9,11,23H,10,12H2,1-5H3,(H,25,27). The van der Waals surface area contributed by atoms with Gasteiger partial charge in [-0.1, -0.05) is 23.8 Å². The number of carbonyl (C=O) groups is 2. The molecule has 1 amide bonds. The van der Waals surface area contributed by atoms with Crippen molar-refractivity contribution in [1.29, 1.82) is 0 Å². The predicted molar refractivity (Wildman–Crippen MR) is 116 cm³/mol. The van der Waals surface area contributed by atoms with Crippen LogP contribution in [0.2, 0.25) is 0 Å². The Hall–Kier alpha value is -3.39. The number of anilines is 2. The summed E-state index contributed by atoms with van der Waals surface area (Å²) in [5.74, 6) is -0.933. The van der Waals surface area contributed by atoms with Crippen LogP contribution in [-0.2, 0) is 27.9 Å². The molecule has 0 spiro atoms. The SMILES string of the molecule is COCC(=O)Nc1c(C(=O)OC)n(C)c2ncc(NCc3cc(C)ccc3C)cc12. The molecule has 0 saturated heterocycles. The average Bonchev–Trinajstić information content (AvgIpc) is 2.99. The van der Waals surface area contributed by atoms with E-state index in [1.807, 2.05) is 6.07 Å². The summed E-state index contributed by atoms with van der Waals surface area (Å²) in [5, 5.41) is 6.76. The van der Waals surface area contributed by atoms with Crippen LogP contribution in [-0.4, -0.2) is 42.3 Å². The van der Waals surface area contributed by atoms with Crippen LogP contribution in [0.1, 0.15) is 27.2 Å². The third-order valence-electron chi connectivity index (χ3n) is 4.93. The Kier molecular flexibility index (Phi) is 6.37. The number of methoxy groups -OCH3 is 2. The third-order valence-corrected chi connectivity index (χ3v) is 4.93. The zero-order chi connectivity index (χ0) is 21.8. The number of nitrogens with one attached hydrogen (secondary N) is 2. The molecular formula is C22H26N4O4. The van der Waals surface area contributed by atoms with Gasteiger partial charge in [-0.2, -0.15) is 0 Å². The second-order valence-electron chi connectivity index (χ2n) is 7.13. The number of ether oxygens (including phenoxy) is 2. The van der Waals surface area contributed by atoms with Crippen molar-refractivity contribution in [2.24, 2.45) is 7.05 Å². The van der Waals surface area contributed by atoms with Gasteiger partial charge in [-0.15, -0.1) is 0 Å². The zero-order valence-electron chi connectivity index (χ0n) is 17.8. The van der Waals surface area contributed by atoms with E-state index in [-0.39, 0.29) is 18.2 Å². The summed E-state index contributed by atoms with van der Waals surface area (Å²) in [4.78, 5) is 29.0. The van der Waals surface area contributed by atoms with Crippen LogP contribution in [0.4, 0.5) is 11.4 Å². The number of aromatic nitrogens is 2. The van der Waals surface area contributed by atoms with Gasteiger partial charge in [-0.05, 0) is 31.0 Å². The number of aryl methyl sites for hydroxylation is 3. The molecule has 1 aromatic carbocycles. The summed E-state index contributed by atoms with van der Waals surface area (Å²) in [6.45, 7) is 4.63. The topological polar surface area (TPSA) is 94.5 Å². The van der Waals surface area contributed by atoms with E-state index in [9.17, 15) is 9.59 Å². The number of benzene rings is 1. The first-order valence-electron chi connectivity index (χ1n) is 9.51. The highest BCUT2D eigenvalue weighted by Gasteiger charge is 2.24. The molecule has 2 heterocycles. The highest BCUT2D eigenvalue weighted by Crippen LogP contribution is 2.32. The zero-order valence-corrected chi connectivity index (χ0v) is 17.8. The predicted octanol–water partition coefficient (Wildman–Crippen LogP) is 3.17. The monoisotopic (exact) mass is 410 g/mol. The van der Waals surface area contributed by atoms with E-state index in [0.29, 0.717) is 23.3 Å². The van der Waals surface area contributed by atoms with Crippen LogP contribution in [0.3, 0.4) is 0 Å². The quantitative estimate of drug-likeness (QED) is 0.581. The van der Waals surface area contributed by atoms with Gasteiger partial charge in [-0.25, -0.2) is 9.78 Å². The molecule has 0 aliphatic heterocycles. The first-order chi connectivity index (χ1) is 14.3. The Balaban J connectivity index is 1.99. The molecule has 2 aromatic heterocycles. The summed E-state index contributed by atoms with van der Waals surface area (Å²) in [6.07, 6.45) is 1.70. The van der Waals surface area contributed by atoms with Crippen LogP contribution in [0, 0.1) is 13.8 Å². The first-order valence-corrected chi connectivity index (χ1v) is 9.51. The molecule has 0 saturated carbocycles. The second kappa shape index (κ2) is 8.96. The fourth-order valence-electron chi connectivity index (χ4n) is 3.36. The Labute approximate surface area is 175 Å². The van der Waals surface area contributed by atoms with Crippen molar-refractivity contribution in [3.8, 4) is 0 Å². The van der Waals surface area contributed by atoms with Crippen LogP contribution < -0.4 is 10.6 Å². The highest BCUT2D eigenvalue weighted by molar-refractivity contribution is 6.11. The van der Waals surface area contributed by atoms with Crippen LogP contribution in [0.5, 0.6) is 0 Å². The van der Waals surface area contributed by atoms with Crippen LogP contribution >= 0.6 is 0 Å². The van der Waals surface area contributed by atoms with Gasteiger partial charge in [0, 0.05) is 26.1 Å². The molecule has 0 aliphatic rings. The van der Waals surface area contributed by atoms with Crippen molar-refractivity contribution in [3.63, 3.8) is 0 Å². The Bertz CT molecular complexity index is 1100. The summed E-state index contributed by atoms with van der Waals surface area (Å²) >= 11 is 0. The Morgan fingerprint density at radius 2 is 1.93 bits per heavy atom. The summed E-state index contributed by atoms with van der Waals surface area (Å²) in [5.41, 5.74) is 5.47. The molecule has 2 N–H and O–H groups in total. The third kappa shape index (κ3) is 4.28. The minimum atomic E-state index is -0.562. The van der Waals surface area contributed by atoms with E-state index in [2.05, 4.69) is 47.7 Å². The molecule has 0 aliphatic carbocycles. The second-order valence-corrected chi connectivity index (χ2v) is 7.13. The van der Waals surface area contributed by atoms with E-state index in [1.54, 1.807) is 17.8 Å². The van der Waals surface area contributed by atoms with Crippen molar-refractivity contribution in [3.05, 3.63) is 52.8 Å². The van der Waals surface area contributed by atoms with Gasteiger partial charge in [0.05, 0.1) is 24.7 Å². The van der Waals surface area contributed by atoms with Crippen molar-refractivity contribution in [2.75, 3.05) is 31.5 Å². The van der Waals surface area contributed by atoms with Gasteiger partial charge in [0.1, 0.15) is 12.3 Å². The molecule has 0 atom stereocenters. The van der Waals surface area contributed by atoms with Gasteiger partial charge in [0.2, 0.25) is 5.91 Å². The number of pyridine rings is 1. The van der Waals surface area contributed by atoms with E-state index >= 15 is 0 Å². The molecule has 0 radical (unpaired) electrons. The molecule has 158 valence electrons. The van der Waals surface area contributed by atoms with Gasteiger partial charge in [0.15, 0.2) is 5.69 Å². The number of esters is 1. The summed E-state index contributed by atoms with van der Waals surface area (Å²) in [6, 6.07) is 8.18. The molecule has 8 heteroatoms. The van der Waals surface area contributed by atoms with Gasteiger partial charge in [-0.3, -0.25) is 4.79 Å². The van der Waals surface area contributed by atoms with E-state index in [0.717, 1.165) is 5.69 Å². The number of hydrogen-bond acceptors (Lipinski definition) is 6. The highest BCUT2D eigenvalue weighted by atomic mass is 16.5. The van der Waals surface area contributed by atoms with Gasteiger partial charge in [0.25, 0.3) is 0 Å². The van der Waals surface area contributed by atoms with Crippen molar-refractivity contribution >= 4 is 34.3 Å². The maximum absolute atomic E-state index is 12.4. The molecule has 30 heavy (non-hydrogen) atoms. The summed E-state index contributed by atoms with van der Waals surface area (Å²) < 4.78 is 11.4. The molecule has 0 bridgehead atoms. The minimum absolute atomic E-state index is 0.130. The number of amides is 1. The first kappa shape index (κ1) is 21.3.